The van der Waals surface area contributed by atoms with E-state index in [1.807, 2.05) is 38.1 Å². The van der Waals surface area contributed by atoms with Crippen molar-refractivity contribution in [2.75, 3.05) is 0 Å². The Labute approximate surface area is 195 Å². The highest BCUT2D eigenvalue weighted by Crippen LogP contribution is 2.27. The van der Waals surface area contributed by atoms with Crippen molar-refractivity contribution in [3.05, 3.63) is 104 Å². The van der Waals surface area contributed by atoms with Gasteiger partial charge in [0.05, 0.1) is 12.6 Å². The standard InChI is InChI=1S/C26H25N5O3/c1-16-17(2)31-22-23(27-25(31)30(16)18(3)19-11-7-5-8-12-19)28(4)26(34)29(24(22)33)15-21(32)20-13-9-6-10-14-20/h5-14,18H,15H2,1-4H3/t18-/m1/s1. The van der Waals surface area contributed by atoms with Gasteiger partial charge in [-0.15, -0.1) is 0 Å². The number of carbonyl (C=O) groups is 1. The van der Waals surface area contributed by atoms with Crippen LogP contribution in [0.2, 0.25) is 0 Å². The molecule has 5 aromatic rings. The van der Waals surface area contributed by atoms with Gasteiger partial charge in [-0.3, -0.25) is 23.1 Å². The first-order chi connectivity index (χ1) is 16.3. The largest absolute Gasteiger partial charge is 0.332 e. The van der Waals surface area contributed by atoms with E-state index >= 15 is 0 Å². The summed E-state index contributed by atoms with van der Waals surface area (Å²) in [5, 5.41) is 0. The van der Waals surface area contributed by atoms with Crippen molar-refractivity contribution in [2.24, 2.45) is 7.05 Å². The Balaban J connectivity index is 1.75. The lowest BCUT2D eigenvalue weighted by Crippen LogP contribution is -2.41. The fourth-order valence-electron chi connectivity index (χ4n) is 4.62. The van der Waals surface area contributed by atoms with Gasteiger partial charge in [0.25, 0.3) is 5.56 Å². The molecule has 3 heterocycles. The number of hydrogen-bond acceptors (Lipinski definition) is 4. The molecule has 1 atom stereocenters. The van der Waals surface area contributed by atoms with Gasteiger partial charge in [-0.1, -0.05) is 60.7 Å². The maximum atomic E-state index is 13.6. The Hall–Kier alpha value is -4.20. The van der Waals surface area contributed by atoms with E-state index < -0.39 is 11.2 Å². The van der Waals surface area contributed by atoms with Gasteiger partial charge < -0.3 is 4.57 Å². The van der Waals surface area contributed by atoms with Crippen molar-refractivity contribution in [3.8, 4) is 0 Å². The molecule has 172 valence electrons. The first-order valence-electron chi connectivity index (χ1n) is 11.1. The topological polar surface area (TPSA) is 83.3 Å². The Kier molecular flexibility index (Phi) is 5.08. The number of Topliss-reactive ketones (excluding diaryl/α,β-unsaturated/α-hetero) is 1. The molecule has 0 bridgehead atoms. The number of imidazole rings is 2. The average molecular weight is 456 g/mol. The van der Waals surface area contributed by atoms with Crippen LogP contribution in [0.25, 0.3) is 16.9 Å². The maximum absolute atomic E-state index is 13.6. The van der Waals surface area contributed by atoms with Crippen LogP contribution in [0.3, 0.4) is 0 Å². The first kappa shape index (κ1) is 21.6. The van der Waals surface area contributed by atoms with Crippen LogP contribution >= 0.6 is 0 Å². The van der Waals surface area contributed by atoms with Gasteiger partial charge in [0.2, 0.25) is 5.78 Å². The van der Waals surface area contributed by atoms with E-state index in [0.29, 0.717) is 17.0 Å². The Morgan fingerprint density at radius 3 is 2.21 bits per heavy atom. The van der Waals surface area contributed by atoms with Crippen LogP contribution in [0.5, 0.6) is 0 Å². The summed E-state index contributed by atoms with van der Waals surface area (Å²) in [7, 11) is 1.58. The fraction of sp³-hybridized carbons (Fsp3) is 0.231. The molecule has 3 aromatic heterocycles. The van der Waals surface area contributed by atoms with Crippen LogP contribution in [0, 0.1) is 13.8 Å². The molecule has 0 radical (unpaired) electrons. The van der Waals surface area contributed by atoms with Gasteiger partial charge in [-0.2, -0.15) is 4.98 Å². The summed E-state index contributed by atoms with van der Waals surface area (Å²) in [5.41, 5.74) is 2.88. The average Bonchev–Trinajstić information content (AvgIpc) is 3.36. The van der Waals surface area contributed by atoms with E-state index in [9.17, 15) is 14.4 Å². The van der Waals surface area contributed by atoms with Crippen LogP contribution in [0.15, 0.2) is 70.3 Å². The smallest absolute Gasteiger partial charge is 0.307 e. The molecule has 0 amide bonds. The number of benzene rings is 2. The summed E-state index contributed by atoms with van der Waals surface area (Å²) >= 11 is 0. The molecular weight excluding hydrogens is 430 g/mol. The van der Waals surface area contributed by atoms with Gasteiger partial charge in [0.1, 0.15) is 0 Å². The molecule has 0 spiro atoms. The van der Waals surface area contributed by atoms with E-state index in [-0.39, 0.29) is 23.9 Å². The number of aromatic nitrogens is 5. The highest BCUT2D eigenvalue weighted by molar-refractivity contribution is 5.96. The normalized spacial score (nSPS) is 12.5. The van der Waals surface area contributed by atoms with Gasteiger partial charge in [0.15, 0.2) is 16.9 Å². The molecule has 0 saturated carbocycles. The van der Waals surface area contributed by atoms with Gasteiger partial charge in [0, 0.05) is 24.0 Å². The lowest BCUT2D eigenvalue weighted by atomic mass is 10.1. The predicted molar refractivity (Wildman–Crippen MR) is 131 cm³/mol. The quantitative estimate of drug-likeness (QED) is 0.381. The van der Waals surface area contributed by atoms with E-state index in [1.165, 1.54) is 4.57 Å². The number of nitrogens with zero attached hydrogens (tertiary/aromatic N) is 5. The molecule has 5 rings (SSSR count). The lowest BCUT2D eigenvalue weighted by Gasteiger charge is -2.16. The van der Waals surface area contributed by atoms with Crippen LogP contribution in [0.1, 0.15) is 40.3 Å². The Morgan fingerprint density at radius 2 is 1.56 bits per heavy atom. The van der Waals surface area contributed by atoms with E-state index in [4.69, 9.17) is 4.98 Å². The van der Waals surface area contributed by atoms with Gasteiger partial charge >= 0.3 is 5.69 Å². The SMILES string of the molecule is Cc1c(C)n2c3c(=O)n(CC(=O)c4ccccc4)c(=O)n(C)c3nc2n1[C@H](C)c1ccccc1. The number of rotatable bonds is 5. The van der Waals surface area contributed by atoms with Crippen molar-refractivity contribution < 1.29 is 4.79 Å². The Bertz CT molecular complexity index is 1670. The van der Waals surface area contributed by atoms with E-state index in [0.717, 1.165) is 21.5 Å². The first-order valence-corrected chi connectivity index (χ1v) is 11.1. The minimum absolute atomic E-state index is 0.0341. The number of carbonyl (C=O) groups excluding carboxylic acids is 1. The monoisotopic (exact) mass is 455 g/mol. The molecule has 0 unspecified atom stereocenters. The molecule has 2 aromatic carbocycles. The zero-order valence-electron chi connectivity index (χ0n) is 19.5. The molecular formula is C26H25N5O3. The summed E-state index contributed by atoms with van der Waals surface area (Å²) in [5.74, 6) is 0.281. The molecule has 8 heteroatoms. The lowest BCUT2D eigenvalue weighted by molar-refractivity contribution is 0.0969. The number of aryl methyl sites for hydroxylation is 2. The molecule has 0 aliphatic rings. The van der Waals surface area contributed by atoms with Crippen LogP contribution in [0.4, 0.5) is 0 Å². The highest BCUT2D eigenvalue weighted by Gasteiger charge is 2.25. The fourth-order valence-corrected chi connectivity index (χ4v) is 4.62. The third-order valence-electron chi connectivity index (χ3n) is 6.63. The van der Waals surface area contributed by atoms with E-state index in [2.05, 4.69) is 23.6 Å². The molecule has 0 fully saturated rings. The van der Waals surface area contributed by atoms with Crippen LogP contribution in [-0.4, -0.2) is 28.9 Å². The molecule has 34 heavy (non-hydrogen) atoms. The van der Waals surface area contributed by atoms with Gasteiger partial charge in [-0.05, 0) is 26.3 Å². The van der Waals surface area contributed by atoms with Crippen molar-refractivity contribution in [3.63, 3.8) is 0 Å². The van der Waals surface area contributed by atoms with Crippen molar-refractivity contribution in [1.29, 1.82) is 0 Å². The summed E-state index contributed by atoms with van der Waals surface area (Å²) in [6, 6.07) is 18.7. The third-order valence-corrected chi connectivity index (χ3v) is 6.63. The summed E-state index contributed by atoms with van der Waals surface area (Å²) < 4.78 is 6.22. The second kappa shape index (κ2) is 7.98. The summed E-state index contributed by atoms with van der Waals surface area (Å²) in [6.07, 6.45) is 0. The molecule has 8 nitrogen and oxygen atoms in total. The van der Waals surface area contributed by atoms with Crippen LogP contribution in [-0.2, 0) is 13.6 Å². The number of hydrogen-bond donors (Lipinski definition) is 0. The molecule has 0 N–H and O–H groups in total. The summed E-state index contributed by atoms with van der Waals surface area (Å²) in [6.45, 7) is 5.67. The van der Waals surface area contributed by atoms with Gasteiger partial charge in [-0.25, -0.2) is 4.79 Å². The van der Waals surface area contributed by atoms with Crippen LogP contribution < -0.4 is 11.2 Å². The minimum Gasteiger partial charge on any atom is -0.307 e. The predicted octanol–water partition coefficient (Wildman–Crippen LogP) is 3.26. The Morgan fingerprint density at radius 1 is 0.941 bits per heavy atom. The molecule has 0 aliphatic heterocycles. The van der Waals surface area contributed by atoms with E-state index in [1.54, 1.807) is 35.7 Å². The summed E-state index contributed by atoms with van der Waals surface area (Å²) in [4.78, 5) is 44.2. The maximum Gasteiger partial charge on any atom is 0.332 e. The second-order valence-electron chi connectivity index (χ2n) is 8.57. The van der Waals surface area contributed by atoms with Crippen molar-refractivity contribution in [1.82, 2.24) is 23.1 Å². The van der Waals surface area contributed by atoms with Crippen molar-refractivity contribution in [2.45, 2.75) is 33.4 Å². The number of ketones is 1. The zero-order valence-corrected chi connectivity index (χ0v) is 19.5. The molecule has 0 saturated heterocycles. The minimum atomic E-state index is -0.570. The second-order valence-corrected chi connectivity index (χ2v) is 8.57. The highest BCUT2D eigenvalue weighted by atomic mass is 16.2. The van der Waals surface area contributed by atoms with Crippen molar-refractivity contribution >= 4 is 22.7 Å². The molecule has 0 aliphatic carbocycles. The number of fused-ring (bicyclic) bond motifs is 3. The zero-order chi connectivity index (χ0) is 24.1. The third kappa shape index (κ3) is 3.14.